The Hall–Kier alpha value is -3.15. The van der Waals surface area contributed by atoms with Crippen molar-refractivity contribution in [2.75, 3.05) is 6.61 Å². The number of nitrogens with one attached hydrogen (secondary N) is 2. The molecule has 0 aromatic heterocycles. The third-order valence-corrected chi connectivity index (χ3v) is 5.54. The van der Waals surface area contributed by atoms with Gasteiger partial charge in [0.25, 0.3) is 0 Å². The third kappa shape index (κ3) is 3.95. The van der Waals surface area contributed by atoms with E-state index < -0.39 is 24.5 Å². The highest BCUT2D eigenvalue weighted by atomic mass is 35.5. The smallest absolute Gasteiger partial charge is 0.245 e. The van der Waals surface area contributed by atoms with Gasteiger partial charge in [0.2, 0.25) is 11.8 Å². The van der Waals surface area contributed by atoms with E-state index in [1.54, 1.807) is 12.1 Å². The maximum atomic E-state index is 13.1. The molecule has 0 spiro atoms. The average molecular weight is 421 g/mol. The molecule has 2 amide bonds. The Morgan fingerprint density at radius 3 is 2.03 bits per heavy atom. The number of amides is 2. The summed E-state index contributed by atoms with van der Waals surface area (Å²) in [4.78, 5) is 25.7. The summed E-state index contributed by atoms with van der Waals surface area (Å²) in [5, 5.41) is 15.8. The van der Waals surface area contributed by atoms with Crippen molar-refractivity contribution in [3.05, 3.63) is 94.5 Å². The number of carbonyl (C=O) groups is 2. The van der Waals surface area contributed by atoms with Gasteiger partial charge < -0.3 is 15.7 Å². The molecule has 152 valence electrons. The first-order valence-electron chi connectivity index (χ1n) is 9.70. The number of carbonyl (C=O) groups excluding carboxylic acids is 2. The van der Waals surface area contributed by atoms with E-state index in [4.69, 9.17) is 11.6 Å². The van der Waals surface area contributed by atoms with Gasteiger partial charge in [-0.15, -0.1) is 0 Å². The predicted octanol–water partition coefficient (Wildman–Crippen LogP) is 3.25. The van der Waals surface area contributed by atoms with Crippen LogP contribution in [-0.2, 0) is 16.1 Å². The Kier molecular flexibility index (Phi) is 5.84. The number of fused-ring (bicyclic) bond motifs is 3. The summed E-state index contributed by atoms with van der Waals surface area (Å²) in [5.74, 6) is -1.27. The number of rotatable bonds is 6. The van der Waals surface area contributed by atoms with Crippen LogP contribution in [0.25, 0.3) is 11.1 Å². The molecule has 0 bridgehead atoms. The molecule has 0 saturated carbocycles. The van der Waals surface area contributed by atoms with Gasteiger partial charge in [0.15, 0.2) is 0 Å². The Bertz CT molecular complexity index is 1040. The highest BCUT2D eigenvalue weighted by molar-refractivity contribution is 6.30. The van der Waals surface area contributed by atoms with Crippen LogP contribution in [0, 0.1) is 0 Å². The normalized spacial score (nSPS) is 13.3. The molecule has 4 rings (SSSR count). The zero-order chi connectivity index (χ0) is 21.1. The molecule has 0 aliphatic heterocycles. The quantitative estimate of drug-likeness (QED) is 0.572. The van der Waals surface area contributed by atoms with Gasteiger partial charge in [-0.1, -0.05) is 72.3 Å². The third-order valence-electron chi connectivity index (χ3n) is 5.29. The molecule has 0 saturated heterocycles. The highest BCUT2D eigenvalue weighted by Crippen LogP contribution is 2.44. The maximum absolute atomic E-state index is 13.1. The van der Waals surface area contributed by atoms with Crippen molar-refractivity contribution in [2.24, 2.45) is 0 Å². The monoisotopic (exact) mass is 420 g/mol. The lowest BCUT2D eigenvalue weighted by molar-refractivity contribution is -0.130. The van der Waals surface area contributed by atoms with Crippen molar-refractivity contribution < 1.29 is 14.7 Å². The zero-order valence-corrected chi connectivity index (χ0v) is 16.9. The summed E-state index contributed by atoms with van der Waals surface area (Å²) in [6, 6.07) is 21.6. The minimum Gasteiger partial charge on any atom is -0.394 e. The molecule has 3 aromatic carbocycles. The van der Waals surface area contributed by atoms with Crippen molar-refractivity contribution in [3.8, 4) is 11.1 Å². The maximum Gasteiger partial charge on any atom is 0.245 e. The van der Waals surface area contributed by atoms with E-state index in [1.807, 2.05) is 60.7 Å². The number of halogens is 1. The lowest BCUT2D eigenvalue weighted by atomic mass is 9.95. The number of hydrogen-bond acceptors (Lipinski definition) is 3. The standard InChI is InChI=1S/C24H21ClN2O3/c25-16-11-9-15(10-12-16)13-26-23(29)21(14-28)27-24(30)22-19-7-3-1-5-17(19)18-6-2-4-8-20(18)22/h1-12,21-22,28H,13-14H2,(H,26,29)(H,27,30)/t21-/m0/s1. The fourth-order valence-corrected chi connectivity index (χ4v) is 3.93. The first-order valence-corrected chi connectivity index (χ1v) is 10.1. The number of benzene rings is 3. The van der Waals surface area contributed by atoms with Crippen LogP contribution >= 0.6 is 11.6 Å². The highest BCUT2D eigenvalue weighted by Gasteiger charge is 2.35. The number of hydrogen-bond donors (Lipinski definition) is 3. The molecule has 5 nitrogen and oxygen atoms in total. The molecule has 3 N–H and O–H groups in total. The van der Waals surface area contributed by atoms with Crippen molar-refractivity contribution in [3.63, 3.8) is 0 Å². The van der Waals surface area contributed by atoms with E-state index in [2.05, 4.69) is 10.6 Å². The Morgan fingerprint density at radius 1 is 0.900 bits per heavy atom. The number of aliphatic hydroxyl groups is 1. The molecule has 6 heteroatoms. The van der Waals surface area contributed by atoms with E-state index >= 15 is 0 Å². The lowest BCUT2D eigenvalue weighted by Gasteiger charge is -2.20. The second-order valence-electron chi connectivity index (χ2n) is 7.20. The van der Waals surface area contributed by atoms with E-state index in [9.17, 15) is 14.7 Å². The average Bonchev–Trinajstić information content (AvgIpc) is 3.11. The van der Waals surface area contributed by atoms with Crippen LogP contribution in [0.4, 0.5) is 0 Å². The van der Waals surface area contributed by atoms with Crippen molar-refractivity contribution in [1.29, 1.82) is 0 Å². The van der Waals surface area contributed by atoms with Gasteiger partial charge in [-0.05, 0) is 39.9 Å². The Labute approximate surface area is 179 Å². The molecule has 0 radical (unpaired) electrons. The fourth-order valence-electron chi connectivity index (χ4n) is 3.80. The van der Waals surface area contributed by atoms with Crippen LogP contribution in [0.1, 0.15) is 22.6 Å². The fraction of sp³-hybridized carbons (Fsp3) is 0.167. The minimum absolute atomic E-state index is 0.275. The lowest BCUT2D eigenvalue weighted by Crippen LogP contribution is -2.49. The molecule has 0 heterocycles. The molecule has 1 atom stereocenters. The summed E-state index contributed by atoms with van der Waals surface area (Å²) in [7, 11) is 0. The second-order valence-corrected chi connectivity index (χ2v) is 7.63. The molecule has 1 aliphatic rings. The topological polar surface area (TPSA) is 78.4 Å². The first-order chi connectivity index (χ1) is 14.6. The first kappa shape index (κ1) is 20.1. The molecule has 3 aromatic rings. The van der Waals surface area contributed by atoms with E-state index in [1.165, 1.54) is 0 Å². The van der Waals surface area contributed by atoms with Gasteiger partial charge in [0, 0.05) is 11.6 Å². The Morgan fingerprint density at radius 2 is 1.47 bits per heavy atom. The molecule has 1 aliphatic carbocycles. The van der Waals surface area contributed by atoms with Gasteiger partial charge in [0.05, 0.1) is 12.5 Å². The molecule has 0 fully saturated rings. The molecule has 30 heavy (non-hydrogen) atoms. The van der Waals surface area contributed by atoms with Gasteiger partial charge in [-0.2, -0.15) is 0 Å². The van der Waals surface area contributed by atoms with Gasteiger partial charge in [-0.25, -0.2) is 0 Å². The van der Waals surface area contributed by atoms with Crippen LogP contribution in [0.3, 0.4) is 0 Å². The van der Waals surface area contributed by atoms with Crippen molar-refractivity contribution in [2.45, 2.75) is 18.5 Å². The van der Waals surface area contributed by atoms with E-state index in [0.717, 1.165) is 27.8 Å². The SMILES string of the molecule is O=C(N[C@@H](CO)C(=O)NCc1ccc(Cl)cc1)C1c2ccccc2-c2ccccc21. The van der Waals surface area contributed by atoms with Crippen LogP contribution in [-0.4, -0.2) is 29.6 Å². The summed E-state index contributed by atoms with van der Waals surface area (Å²) < 4.78 is 0. The largest absolute Gasteiger partial charge is 0.394 e. The molecule has 0 unspecified atom stereocenters. The molecular formula is C24H21ClN2O3. The van der Waals surface area contributed by atoms with Crippen LogP contribution in [0.15, 0.2) is 72.8 Å². The zero-order valence-electron chi connectivity index (χ0n) is 16.1. The van der Waals surface area contributed by atoms with Gasteiger partial charge in [0.1, 0.15) is 6.04 Å². The van der Waals surface area contributed by atoms with Gasteiger partial charge in [-0.3, -0.25) is 9.59 Å². The summed E-state index contributed by atoms with van der Waals surface area (Å²) in [6.45, 7) is -0.217. The minimum atomic E-state index is -1.04. The number of aliphatic hydroxyl groups excluding tert-OH is 1. The van der Waals surface area contributed by atoms with Crippen LogP contribution in [0.5, 0.6) is 0 Å². The van der Waals surface area contributed by atoms with E-state index in [0.29, 0.717) is 5.02 Å². The van der Waals surface area contributed by atoms with Crippen LogP contribution < -0.4 is 10.6 Å². The summed E-state index contributed by atoms with van der Waals surface area (Å²) >= 11 is 5.87. The van der Waals surface area contributed by atoms with Crippen molar-refractivity contribution in [1.82, 2.24) is 10.6 Å². The predicted molar refractivity (Wildman–Crippen MR) is 116 cm³/mol. The summed E-state index contributed by atoms with van der Waals surface area (Å²) in [6.07, 6.45) is 0. The summed E-state index contributed by atoms with van der Waals surface area (Å²) in [5.41, 5.74) is 4.69. The second kappa shape index (κ2) is 8.69. The van der Waals surface area contributed by atoms with Crippen molar-refractivity contribution >= 4 is 23.4 Å². The Balaban J connectivity index is 1.48. The van der Waals surface area contributed by atoms with Gasteiger partial charge >= 0.3 is 0 Å². The molecular weight excluding hydrogens is 400 g/mol. The van der Waals surface area contributed by atoms with E-state index in [-0.39, 0.29) is 12.5 Å². The van der Waals surface area contributed by atoms with Crippen LogP contribution in [0.2, 0.25) is 5.02 Å².